The van der Waals surface area contributed by atoms with Gasteiger partial charge in [0.2, 0.25) is 0 Å². The molecular formula is C18H31N3O+2. The highest BCUT2D eigenvalue weighted by Gasteiger charge is 2.30. The van der Waals surface area contributed by atoms with E-state index in [0.717, 1.165) is 32.7 Å². The smallest absolute Gasteiger partial charge is 0.277 e. The van der Waals surface area contributed by atoms with Gasteiger partial charge in [0, 0.05) is 12.6 Å². The van der Waals surface area contributed by atoms with Crippen LogP contribution in [0.2, 0.25) is 0 Å². The van der Waals surface area contributed by atoms with E-state index in [1.165, 1.54) is 16.0 Å². The van der Waals surface area contributed by atoms with Crippen molar-refractivity contribution in [3.8, 4) is 0 Å². The molecule has 1 amide bonds. The number of quaternary nitrogens is 2. The lowest BCUT2D eigenvalue weighted by Crippen LogP contribution is -3.29. The van der Waals surface area contributed by atoms with Gasteiger partial charge in [-0.05, 0) is 18.4 Å². The molecule has 1 aromatic carbocycles. The molecule has 2 rings (SSSR count). The third-order valence-electron chi connectivity index (χ3n) is 4.95. The fraction of sp³-hybridized carbons (Fsp3) is 0.611. The number of hydrogen-bond acceptors (Lipinski definition) is 1. The molecule has 1 atom stereocenters. The first-order chi connectivity index (χ1) is 10.5. The zero-order valence-electron chi connectivity index (χ0n) is 14.4. The first kappa shape index (κ1) is 17.0. The van der Waals surface area contributed by atoms with Gasteiger partial charge in [-0.3, -0.25) is 4.79 Å². The van der Waals surface area contributed by atoms with Crippen LogP contribution in [0.1, 0.15) is 37.8 Å². The van der Waals surface area contributed by atoms with Gasteiger partial charge in [-0.25, -0.2) is 0 Å². The predicted molar refractivity (Wildman–Crippen MR) is 89.2 cm³/mol. The van der Waals surface area contributed by atoms with Gasteiger partial charge in [-0.1, -0.05) is 38.1 Å². The lowest BCUT2D eigenvalue weighted by molar-refractivity contribution is -1.02. The summed E-state index contributed by atoms with van der Waals surface area (Å²) >= 11 is 0. The molecule has 0 radical (unpaired) electrons. The molecule has 0 unspecified atom stereocenters. The van der Waals surface area contributed by atoms with Crippen LogP contribution < -0.4 is 15.1 Å². The number of benzene rings is 1. The van der Waals surface area contributed by atoms with Gasteiger partial charge in [-0.2, -0.15) is 0 Å². The predicted octanol–water partition coefficient (Wildman–Crippen LogP) is -0.772. The second-order valence-electron chi connectivity index (χ2n) is 6.82. The van der Waals surface area contributed by atoms with Crippen molar-refractivity contribution >= 4 is 5.91 Å². The van der Waals surface area contributed by atoms with Crippen molar-refractivity contribution in [3.63, 3.8) is 0 Å². The maximum Gasteiger partial charge on any atom is 0.277 e. The average Bonchev–Trinajstić information content (AvgIpc) is 2.54. The molecule has 1 aliphatic heterocycles. The van der Waals surface area contributed by atoms with Crippen LogP contribution in [-0.2, 0) is 11.3 Å². The van der Waals surface area contributed by atoms with Crippen molar-refractivity contribution in [2.24, 2.45) is 0 Å². The van der Waals surface area contributed by atoms with E-state index in [9.17, 15) is 4.79 Å². The molecule has 0 saturated carbocycles. The number of carbonyl (C=O) groups is 1. The van der Waals surface area contributed by atoms with Crippen LogP contribution in [0, 0.1) is 0 Å². The Morgan fingerprint density at radius 1 is 1.09 bits per heavy atom. The van der Waals surface area contributed by atoms with Crippen molar-refractivity contribution < 1.29 is 14.6 Å². The summed E-state index contributed by atoms with van der Waals surface area (Å²) in [6, 6.07) is 9.13. The molecule has 0 spiro atoms. The summed E-state index contributed by atoms with van der Waals surface area (Å²) in [5.41, 5.74) is 2.83. The average molecular weight is 305 g/mol. The fourth-order valence-electron chi connectivity index (χ4n) is 3.25. The summed E-state index contributed by atoms with van der Waals surface area (Å²) in [5.74, 6) is 0.752. The molecule has 4 heteroatoms. The normalized spacial score (nSPS) is 23.3. The van der Waals surface area contributed by atoms with E-state index in [-0.39, 0.29) is 11.9 Å². The molecule has 1 aromatic rings. The van der Waals surface area contributed by atoms with E-state index in [4.69, 9.17) is 0 Å². The largest absolute Gasteiger partial charge is 0.354 e. The number of carbonyl (C=O) groups excluding carboxylic acids is 1. The van der Waals surface area contributed by atoms with Crippen molar-refractivity contribution in [1.29, 1.82) is 0 Å². The van der Waals surface area contributed by atoms with Gasteiger partial charge in [0.15, 0.2) is 6.04 Å². The number of rotatable bonds is 5. The highest BCUT2D eigenvalue weighted by molar-refractivity contribution is 5.79. The van der Waals surface area contributed by atoms with Crippen LogP contribution in [0.25, 0.3) is 0 Å². The molecule has 0 aromatic heterocycles. The van der Waals surface area contributed by atoms with E-state index in [1.54, 1.807) is 11.9 Å². The molecule has 3 N–H and O–H groups in total. The van der Waals surface area contributed by atoms with Crippen LogP contribution >= 0.6 is 0 Å². The lowest BCUT2D eigenvalue weighted by Gasteiger charge is -2.32. The zero-order valence-corrected chi connectivity index (χ0v) is 14.4. The zero-order chi connectivity index (χ0) is 16.1. The van der Waals surface area contributed by atoms with Crippen molar-refractivity contribution in [3.05, 3.63) is 35.4 Å². The van der Waals surface area contributed by atoms with E-state index in [2.05, 4.69) is 43.4 Å². The molecule has 122 valence electrons. The quantitative estimate of drug-likeness (QED) is 0.657. The standard InChI is InChI=1S/C18H29N3O/c1-14(2)17-7-5-16(6-8-17)13-20-9-11-21(12-10-20)15(3)18(22)19-4/h5-8,14-15H,9-13H2,1-4H3,(H,19,22)/p+2/t15-/m0/s1. The third kappa shape index (κ3) is 4.31. The molecule has 22 heavy (non-hydrogen) atoms. The summed E-state index contributed by atoms with van der Waals surface area (Å²) in [5, 5.41) is 2.76. The van der Waals surface area contributed by atoms with Crippen molar-refractivity contribution in [1.82, 2.24) is 5.32 Å². The maximum atomic E-state index is 11.7. The third-order valence-corrected chi connectivity index (χ3v) is 4.95. The Bertz CT molecular complexity index is 476. The molecule has 1 fully saturated rings. The number of piperazine rings is 1. The molecule has 4 nitrogen and oxygen atoms in total. The van der Waals surface area contributed by atoms with Crippen LogP contribution in [0.4, 0.5) is 0 Å². The first-order valence-corrected chi connectivity index (χ1v) is 8.49. The molecule has 1 aliphatic rings. The van der Waals surface area contributed by atoms with Crippen LogP contribution in [0.15, 0.2) is 24.3 Å². The van der Waals surface area contributed by atoms with Crippen LogP contribution in [0.3, 0.4) is 0 Å². The summed E-state index contributed by atoms with van der Waals surface area (Å²) < 4.78 is 0. The topological polar surface area (TPSA) is 38.0 Å². The molecule has 0 bridgehead atoms. The Balaban J connectivity index is 1.83. The summed E-state index contributed by atoms with van der Waals surface area (Å²) in [6.07, 6.45) is 0. The monoisotopic (exact) mass is 305 g/mol. The van der Waals surface area contributed by atoms with Gasteiger partial charge in [0.1, 0.15) is 32.7 Å². The number of amides is 1. The Labute approximate surface area is 134 Å². The molecule has 0 aliphatic carbocycles. The minimum absolute atomic E-state index is 0.0666. The van der Waals surface area contributed by atoms with Crippen LogP contribution in [0.5, 0.6) is 0 Å². The Morgan fingerprint density at radius 3 is 2.18 bits per heavy atom. The van der Waals surface area contributed by atoms with E-state index in [1.807, 2.05) is 6.92 Å². The van der Waals surface area contributed by atoms with Crippen LogP contribution in [-0.4, -0.2) is 45.2 Å². The minimum Gasteiger partial charge on any atom is -0.354 e. The maximum absolute atomic E-state index is 11.7. The second kappa shape index (κ2) is 7.75. The SMILES string of the molecule is CNC(=O)[C@H](C)[NH+]1CC[NH+](Cc2ccc(C(C)C)cc2)CC1. The van der Waals surface area contributed by atoms with E-state index < -0.39 is 0 Å². The van der Waals surface area contributed by atoms with E-state index in [0.29, 0.717) is 5.92 Å². The Kier molecular flexibility index (Phi) is 5.98. The van der Waals surface area contributed by atoms with Gasteiger partial charge >= 0.3 is 0 Å². The molecule has 1 saturated heterocycles. The Morgan fingerprint density at radius 2 is 1.68 bits per heavy atom. The Hall–Kier alpha value is -1.39. The fourth-order valence-corrected chi connectivity index (χ4v) is 3.25. The van der Waals surface area contributed by atoms with Gasteiger partial charge < -0.3 is 15.1 Å². The van der Waals surface area contributed by atoms with Gasteiger partial charge in [0.25, 0.3) is 5.91 Å². The van der Waals surface area contributed by atoms with E-state index >= 15 is 0 Å². The first-order valence-electron chi connectivity index (χ1n) is 8.49. The summed E-state index contributed by atoms with van der Waals surface area (Å²) in [4.78, 5) is 14.8. The summed E-state index contributed by atoms with van der Waals surface area (Å²) in [6.45, 7) is 12.0. The summed E-state index contributed by atoms with van der Waals surface area (Å²) in [7, 11) is 1.72. The minimum atomic E-state index is 0.0666. The molecular weight excluding hydrogens is 274 g/mol. The second-order valence-corrected chi connectivity index (χ2v) is 6.82. The van der Waals surface area contributed by atoms with Crippen molar-refractivity contribution in [2.75, 3.05) is 33.2 Å². The lowest BCUT2D eigenvalue weighted by atomic mass is 10.0. The van der Waals surface area contributed by atoms with Crippen molar-refractivity contribution in [2.45, 2.75) is 39.3 Å². The number of likely N-dealkylation sites (N-methyl/N-ethyl adjacent to an activating group) is 1. The van der Waals surface area contributed by atoms with Gasteiger partial charge in [0.05, 0.1) is 0 Å². The number of hydrogen-bond donors (Lipinski definition) is 3. The highest BCUT2D eigenvalue weighted by Crippen LogP contribution is 2.14. The highest BCUT2D eigenvalue weighted by atomic mass is 16.2. The molecule has 1 heterocycles. The number of nitrogens with one attached hydrogen (secondary N) is 3. The van der Waals surface area contributed by atoms with Gasteiger partial charge in [-0.15, -0.1) is 0 Å².